The molecule has 2 aliphatic heterocycles. The second-order valence-corrected chi connectivity index (χ2v) is 8.39. The van der Waals surface area contributed by atoms with Crippen molar-refractivity contribution in [3.63, 3.8) is 0 Å². The molecule has 4 rings (SSSR count). The van der Waals surface area contributed by atoms with Crippen molar-refractivity contribution in [1.29, 1.82) is 0 Å². The van der Waals surface area contributed by atoms with Crippen LogP contribution in [0.4, 0.5) is 10.6 Å². The summed E-state index contributed by atoms with van der Waals surface area (Å²) in [5.41, 5.74) is 2.10. The lowest BCUT2D eigenvalue weighted by atomic mass is 9.91. The molecule has 0 bridgehead atoms. The average Bonchev–Trinajstić information content (AvgIpc) is 3.09. The van der Waals surface area contributed by atoms with Crippen LogP contribution in [-0.2, 0) is 17.6 Å². The quantitative estimate of drug-likeness (QED) is 0.748. The van der Waals surface area contributed by atoms with Gasteiger partial charge < -0.3 is 9.64 Å². The second kappa shape index (κ2) is 8.91. The van der Waals surface area contributed by atoms with E-state index >= 15 is 0 Å². The molecule has 1 aromatic carbocycles. The molecular weight excluding hydrogens is 364 g/mol. The van der Waals surface area contributed by atoms with Gasteiger partial charge in [-0.25, -0.2) is 9.78 Å². The van der Waals surface area contributed by atoms with E-state index in [9.17, 15) is 4.79 Å². The summed E-state index contributed by atoms with van der Waals surface area (Å²) in [4.78, 5) is 26.0. The smallest absolute Gasteiger partial charge is 0.416 e. The van der Waals surface area contributed by atoms with Gasteiger partial charge in [0.2, 0.25) is 0 Å². The Morgan fingerprint density at radius 1 is 1.07 bits per heavy atom. The summed E-state index contributed by atoms with van der Waals surface area (Å²) in [6.45, 7) is 7.15. The number of carbonyl (C=O) groups is 1. The third kappa shape index (κ3) is 4.58. The van der Waals surface area contributed by atoms with E-state index in [1.165, 1.54) is 5.56 Å². The van der Waals surface area contributed by atoms with Gasteiger partial charge in [0.1, 0.15) is 6.61 Å². The number of aromatic nitrogens is 2. The molecule has 154 valence electrons. The predicted octanol–water partition coefficient (Wildman–Crippen LogP) is 3.71. The first-order chi connectivity index (χ1) is 14.1. The van der Waals surface area contributed by atoms with E-state index in [1.54, 1.807) is 17.3 Å². The van der Waals surface area contributed by atoms with Crippen molar-refractivity contribution in [2.75, 3.05) is 24.6 Å². The Morgan fingerprint density at radius 2 is 1.79 bits per heavy atom. The first-order valence-corrected chi connectivity index (χ1v) is 10.7. The van der Waals surface area contributed by atoms with Crippen molar-refractivity contribution in [1.82, 2.24) is 14.9 Å². The molecule has 1 atom stereocenters. The lowest BCUT2D eigenvalue weighted by molar-refractivity contribution is 0.149. The topological polar surface area (TPSA) is 58.6 Å². The molecule has 3 heterocycles. The zero-order valence-electron chi connectivity index (χ0n) is 17.3. The number of anilines is 1. The van der Waals surface area contributed by atoms with Crippen LogP contribution in [0, 0.1) is 5.92 Å². The van der Waals surface area contributed by atoms with Crippen LogP contribution in [0.2, 0.25) is 0 Å². The van der Waals surface area contributed by atoms with Crippen LogP contribution in [0.3, 0.4) is 0 Å². The molecule has 0 aliphatic carbocycles. The Labute approximate surface area is 172 Å². The van der Waals surface area contributed by atoms with E-state index < -0.39 is 0 Å². The molecule has 0 saturated carbocycles. The molecule has 1 unspecified atom stereocenters. The number of benzene rings is 1. The highest BCUT2D eigenvalue weighted by atomic mass is 16.6. The number of hydrogen-bond acceptors (Lipinski definition) is 5. The van der Waals surface area contributed by atoms with Gasteiger partial charge in [0, 0.05) is 18.4 Å². The highest BCUT2D eigenvalue weighted by molar-refractivity contribution is 5.89. The molecule has 2 saturated heterocycles. The Bertz CT molecular complexity index is 819. The fraction of sp³-hybridized carbons (Fsp3) is 0.522. The van der Waals surface area contributed by atoms with E-state index in [0.717, 1.165) is 44.5 Å². The Hall–Kier alpha value is -2.47. The number of nitrogens with zero attached hydrogens (tertiary/aromatic N) is 4. The predicted molar refractivity (Wildman–Crippen MR) is 113 cm³/mol. The minimum atomic E-state index is -0.317. The van der Waals surface area contributed by atoms with Gasteiger partial charge in [0.25, 0.3) is 0 Å². The Balaban J connectivity index is 1.50. The van der Waals surface area contributed by atoms with E-state index in [-0.39, 0.29) is 12.1 Å². The third-order valence-corrected chi connectivity index (χ3v) is 6.12. The number of amides is 1. The number of likely N-dealkylation sites (tertiary alicyclic amines) is 1. The van der Waals surface area contributed by atoms with Crippen LogP contribution in [0.15, 0.2) is 42.7 Å². The van der Waals surface area contributed by atoms with Crippen LogP contribution in [0.5, 0.6) is 0 Å². The van der Waals surface area contributed by atoms with Gasteiger partial charge in [-0.3, -0.25) is 9.88 Å². The number of piperidine rings is 1. The maximum absolute atomic E-state index is 12.6. The lowest BCUT2D eigenvalue weighted by Crippen LogP contribution is -2.39. The van der Waals surface area contributed by atoms with Crippen LogP contribution < -0.4 is 4.90 Å². The van der Waals surface area contributed by atoms with Crippen molar-refractivity contribution in [2.45, 2.75) is 51.6 Å². The van der Waals surface area contributed by atoms with Gasteiger partial charge in [-0.2, -0.15) is 0 Å². The first kappa shape index (κ1) is 19.8. The molecule has 6 heteroatoms. The van der Waals surface area contributed by atoms with Crippen molar-refractivity contribution < 1.29 is 9.53 Å². The average molecular weight is 395 g/mol. The Morgan fingerprint density at radius 3 is 2.52 bits per heavy atom. The highest BCUT2D eigenvalue weighted by Crippen LogP contribution is 2.29. The number of carbonyl (C=O) groups excluding carboxylic acids is 1. The van der Waals surface area contributed by atoms with Crippen molar-refractivity contribution in [3.05, 3.63) is 54.0 Å². The second-order valence-electron chi connectivity index (χ2n) is 8.39. The van der Waals surface area contributed by atoms with Crippen molar-refractivity contribution in [2.24, 2.45) is 5.92 Å². The summed E-state index contributed by atoms with van der Waals surface area (Å²) < 4.78 is 5.40. The van der Waals surface area contributed by atoms with Gasteiger partial charge in [0.15, 0.2) is 5.82 Å². The minimum absolute atomic E-state index is 0.0526. The Kier molecular flexibility index (Phi) is 6.09. The maximum atomic E-state index is 12.6. The number of rotatable bonds is 6. The first-order valence-electron chi connectivity index (χ1n) is 10.7. The van der Waals surface area contributed by atoms with Gasteiger partial charge in [-0.05, 0) is 64.1 Å². The molecule has 1 amide bonds. The van der Waals surface area contributed by atoms with Crippen molar-refractivity contribution >= 4 is 11.9 Å². The molecule has 29 heavy (non-hydrogen) atoms. The van der Waals surface area contributed by atoms with E-state index in [2.05, 4.69) is 40.8 Å². The number of cyclic esters (lactones) is 1. The van der Waals surface area contributed by atoms with Crippen LogP contribution >= 0.6 is 0 Å². The van der Waals surface area contributed by atoms with Crippen molar-refractivity contribution in [3.8, 4) is 0 Å². The molecule has 0 N–H and O–H groups in total. The standard InChI is InChI=1S/C23H30N4O2/c1-17(2)26-12-8-19(9-13-26)15-21-22(25-11-10-24-21)27-20(16-29-23(27)28)14-18-6-4-3-5-7-18/h3-7,10-11,17,19-20H,8-9,12-16H2,1-2H3. The summed E-state index contributed by atoms with van der Waals surface area (Å²) in [7, 11) is 0. The van der Waals surface area contributed by atoms with Crippen LogP contribution in [-0.4, -0.2) is 52.7 Å². The summed E-state index contributed by atoms with van der Waals surface area (Å²) >= 11 is 0. The summed E-state index contributed by atoms with van der Waals surface area (Å²) in [5.74, 6) is 1.24. The van der Waals surface area contributed by atoms with E-state index in [0.29, 0.717) is 24.4 Å². The van der Waals surface area contributed by atoms with E-state index in [1.807, 2.05) is 18.2 Å². The zero-order chi connectivity index (χ0) is 20.2. The summed E-state index contributed by atoms with van der Waals surface area (Å²) in [6, 6.07) is 10.8. The molecule has 6 nitrogen and oxygen atoms in total. The third-order valence-electron chi connectivity index (χ3n) is 6.12. The van der Waals surface area contributed by atoms with Crippen LogP contribution in [0.25, 0.3) is 0 Å². The minimum Gasteiger partial charge on any atom is -0.447 e. The molecule has 2 fully saturated rings. The van der Waals surface area contributed by atoms with E-state index in [4.69, 9.17) is 4.74 Å². The monoisotopic (exact) mass is 394 g/mol. The molecule has 2 aromatic rings. The molecule has 0 spiro atoms. The zero-order valence-corrected chi connectivity index (χ0v) is 17.3. The summed E-state index contributed by atoms with van der Waals surface area (Å²) in [6.07, 6.45) is 7.01. The van der Waals surface area contributed by atoms with Gasteiger partial charge >= 0.3 is 6.09 Å². The van der Waals surface area contributed by atoms with Crippen LogP contribution in [0.1, 0.15) is 37.9 Å². The molecule has 0 radical (unpaired) electrons. The molecule has 1 aromatic heterocycles. The molecule has 2 aliphatic rings. The maximum Gasteiger partial charge on any atom is 0.416 e. The lowest BCUT2D eigenvalue weighted by Gasteiger charge is -2.34. The highest BCUT2D eigenvalue weighted by Gasteiger charge is 2.37. The number of hydrogen-bond donors (Lipinski definition) is 0. The normalized spacial score (nSPS) is 21.0. The van der Waals surface area contributed by atoms with Gasteiger partial charge in [-0.15, -0.1) is 0 Å². The number of ether oxygens (including phenoxy) is 1. The molecular formula is C23H30N4O2. The summed E-state index contributed by atoms with van der Waals surface area (Å²) in [5, 5.41) is 0. The SMILES string of the molecule is CC(C)N1CCC(Cc2nccnc2N2C(=O)OCC2Cc2ccccc2)CC1. The largest absolute Gasteiger partial charge is 0.447 e. The van der Waals surface area contributed by atoms with Gasteiger partial charge in [0.05, 0.1) is 11.7 Å². The fourth-order valence-electron chi connectivity index (χ4n) is 4.41. The fourth-order valence-corrected chi connectivity index (χ4v) is 4.41. The van der Waals surface area contributed by atoms with Gasteiger partial charge in [-0.1, -0.05) is 30.3 Å².